The zero-order valence-electron chi connectivity index (χ0n) is 9.77. The molecule has 0 N–H and O–H groups in total. The summed E-state index contributed by atoms with van der Waals surface area (Å²) in [7, 11) is 0. The van der Waals surface area contributed by atoms with Crippen molar-refractivity contribution in [2.45, 2.75) is 46.5 Å². The van der Waals surface area contributed by atoms with Gasteiger partial charge in [-0.2, -0.15) is 0 Å². The molecule has 0 aromatic heterocycles. The summed E-state index contributed by atoms with van der Waals surface area (Å²) in [6, 6.07) is 0. The van der Waals surface area contributed by atoms with E-state index in [1.807, 2.05) is 6.08 Å². The summed E-state index contributed by atoms with van der Waals surface area (Å²) in [4.78, 5) is 0. The molecule has 0 unspecified atom stereocenters. The van der Waals surface area contributed by atoms with Crippen LogP contribution in [0, 0.1) is 5.41 Å². The molecular formula is C14H22. The van der Waals surface area contributed by atoms with Gasteiger partial charge >= 0.3 is 0 Å². The van der Waals surface area contributed by atoms with E-state index >= 15 is 0 Å². The Bertz CT molecular complexity index is 264. The maximum absolute atomic E-state index is 3.75. The SMILES string of the molecule is C=CCCC=C1C(C)=CCCC1(C)C. The van der Waals surface area contributed by atoms with Gasteiger partial charge in [0.15, 0.2) is 0 Å². The maximum atomic E-state index is 3.75. The third-order valence-corrected chi connectivity index (χ3v) is 3.09. The summed E-state index contributed by atoms with van der Waals surface area (Å²) in [5.74, 6) is 0. The molecular weight excluding hydrogens is 168 g/mol. The molecule has 0 nitrogen and oxygen atoms in total. The molecule has 0 saturated carbocycles. The van der Waals surface area contributed by atoms with Crippen molar-refractivity contribution < 1.29 is 0 Å². The van der Waals surface area contributed by atoms with Crippen LogP contribution in [0.5, 0.6) is 0 Å². The van der Waals surface area contributed by atoms with Crippen LogP contribution in [0.2, 0.25) is 0 Å². The van der Waals surface area contributed by atoms with E-state index in [0.29, 0.717) is 5.41 Å². The second-order valence-corrected chi connectivity index (χ2v) is 4.79. The number of rotatable bonds is 3. The fourth-order valence-electron chi connectivity index (χ4n) is 2.21. The second kappa shape index (κ2) is 4.63. The maximum Gasteiger partial charge on any atom is -0.0101 e. The topological polar surface area (TPSA) is 0 Å². The Kier molecular flexibility index (Phi) is 3.74. The molecule has 14 heavy (non-hydrogen) atoms. The van der Waals surface area contributed by atoms with Gasteiger partial charge in [-0.3, -0.25) is 0 Å². The van der Waals surface area contributed by atoms with Crippen molar-refractivity contribution in [1.82, 2.24) is 0 Å². The minimum atomic E-state index is 0.375. The Balaban J connectivity index is 2.80. The van der Waals surface area contributed by atoms with E-state index in [0.717, 1.165) is 12.8 Å². The molecule has 0 bridgehead atoms. The molecule has 78 valence electrons. The van der Waals surface area contributed by atoms with Crippen molar-refractivity contribution in [3.8, 4) is 0 Å². The zero-order valence-corrected chi connectivity index (χ0v) is 9.77. The fraction of sp³-hybridized carbons (Fsp3) is 0.571. The lowest BCUT2D eigenvalue weighted by atomic mass is 9.73. The van der Waals surface area contributed by atoms with Gasteiger partial charge in [0.25, 0.3) is 0 Å². The molecule has 0 aromatic carbocycles. The summed E-state index contributed by atoms with van der Waals surface area (Å²) in [5.41, 5.74) is 3.40. The van der Waals surface area contributed by atoms with Crippen LogP contribution >= 0.6 is 0 Å². The lowest BCUT2D eigenvalue weighted by Gasteiger charge is -2.32. The van der Waals surface area contributed by atoms with Gasteiger partial charge in [-0.1, -0.05) is 37.6 Å². The van der Waals surface area contributed by atoms with Crippen LogP contribution in [-0.4, -0.2) is 0 Å². The Labute approximate surface area is 88.4 Å². The van der Waals surface area contributed by atoms with Crippen molar-refractivity contribution in [3.05, 3.63) is 36.0 Å². The third-order valence-electron chi connectivity index (χ3n) is 3.09. The summed E-state index contributed by atoms with van der Waals surface area (Å²) >= 11 is 0. The molecule has 0 spiro atoms. The van der Waals surface area contributed by atoms with E-state index < -0.39 is 0 Å². The molecule has 0 heteroatoms. The van der Waals surface area contributed by atoms with Gasteiger partial charge in [0, 0.05) is 0 Å². The standard InChI is InChI=1S/C14H22/c1-5-6-7-10-13-12(2)9-8-11-14(13,3)4/h5,9-10H,1,6-8,11H2,2-4H3. The summed E-state index contributed by atoms with van der Waals surface area (Å²) in [5, 5.41) is 0. The first kappa shape index (κ1) is 11.3. The smallest absolute Gasteiger partial charge is 0.0101 e. The number of allylic oxidation sites excluding steroid dienone is 5. The average Bonchev–Trinajstić information content (AvgIpc) is 2.09. The van der Waals surface area contributed by atoms with E-state index in [9.17, 15) is 0 Å². The number of hydrogen-bond donors (Lipinski definition) is 0. The fourth-order valence-corrected chi connectivity index (χ4v) is 2.21. The monoisotopic (exact) mass is 190 g/mol. The Morgan fingerprint density at radius 2 is 2.14 bits per heavy atom. The molecule has 0 fully saturated rings. The van der Waals surface area contributed by atoms with Crippen LogP contribution in [0.3, 0.4) is 0 Å². The minimum Gasteiger partial charge on any atom is -0.103 e. The van der Waals surface area contributed by atoms with Crippen LogP contribution < -0.4 is 0 Å². The van der Waals surface area contributed by atoms with Crippen molar-refractivity contribution in [2.24, 2.45) is 5.41 Å². The van der Waals surface area contributed by atoms with Crippen molar-refractivity contribution in [3.63, 3.8) is 0 Å². The van der Waals surface area contributed by atoms with Crippen LogP contribution in [-0.2, 0) is 0 Å². The number of hydrogen-bond acceptors (Lipinski definition) is 0. The van der Waals surface area contributed by atoms with Crippen LogP contribution in [0.4, 0.5) is 0 Å². The van der Waals surface area contributed by atoms with Crippen LogP contribution in [0.1, 0.15) is 46.5 Å². The lowest BCUT2D eigenvalue weighted by Crippen LogP contribution is -2.18. The first-order valence-corrected chi connectivity index (χ1v) is 5.56. The molecule has 1 rings (SSSR count). The van der Waals surface area contributed by atoms with Crippen molar-refractivity contribution >= 4 is 0 Å². The highest BCUT2D eigenvalue weighted by Crippen LogP contribution is 2.40. The largest absolute Gasteiger partial charge is 0.103 e. The predicted octanol–water partition coefficient (Wildman–Crippen LogP) is 4.65. The molecule has 0 heterocycles. The Morgan fingerprint density at radius 3 is 2.71 bits per heavy atom. The van der Waals surface area contributed by atoms with Crippen LogP contribution in [0.25, 0.3) is 0 Å². The third kappa shape index (κ3) is 2.60. The molecule has 0 radical (unpaired) electrons. The van der Waals surface area contributed by atoms with Gasteiger partial charge in [0.2, 0.25) is 0 Å². The molecule has 0 aliphatic heterocycles. The normalized spacial score (nSPS) is 23.4. The summed E-state index contributed by atoms with van der Waals surface area (Å²) in [6.07, 6.45) is 11.5. The zero-order chi connectivity index (χ0) is 10.6. The highest BCUT2D eigenvalue weighted by atomic mass is 14.3. The molecule has 1 aliphatic rings. The van der Waals surface area contributed by atoms with E-state index in [-0.39, 0.29) is 0 Å². The van der Waals surface area contributed by atoms with E-state index in [4.69, 9.17) is 0 Å². The lowest BCUT2D eigenvalue weighted by molar-refractivity contribution is 0.403. The predicted molar refractivity (Wildman–Crippen MR) is 64.3 cm³/mol. The van der Waals surface area contributed by atoms with E-state index in [2.05, 4.69) is 39.5 Å². The van der Waals surface area contributed by atoms with Gasteiger partial charge in [0.1, 0.15) is 0 Å². The molecule has 0 saturated heterocycles. The summed E-state index contributed by atoms with van der Waals surface area (Å²) in [6.45, 7) is 10.7. The minimum absolute atomic E-state index is 0.375. The molecule has 0 amide bonds. The molecule has 0 aromatic rings. The summed E-state index contributed by atoms with van der Waals surface area (Å²) < 4.78 is 0. The van der Waals surface area contributed by atoms with E-state index in [1.54, 1.807) is 5.57 Å². The van der Waals surface area contributed by atoms with E-state index in [1.165, 1.54) is 18.4 Å². The van der Waals surface area contributed by atoms with Gasteiger partial charge in [-0.05, 0) is 43.6 Å². The Hall–Kier alpha value is -0.780. The van der Waals surface area contributed by atoms with Gasteiger partial charge in [-0.15, -0.1) is 6.58 Å². The van der Waals surface area contributed by atoms with Gasteiger partial charge in [0.05, 0.1) is 0 Å². The highest BCUT2D eigenvalue weighted by molar-refractivity contribution is 5.36. The first-order valence-electron chi connectivity index (χ1n) is 5.56. The average molecular weight is 190 g/mol. The van der Waals surface area contributed by atoms with Gasteiger partial charge < -0.3 is 0 Å². The second-order valence-electron chi connectivity index (χ2n) is 4.79. The van der Waals surface area contributed by atoms with Crippen molar-refractivity contribution in [1.29, 1.82) is 0 Å². The highest BCUT2D eigenvalue weighted by Gasteiger charge is 2.26. The number of unbranched alkanes of at least 4 members (excludes halogenated alkanes) is 1. The Morgan fingerprint density at radius 1 is 1.43 bits per heavy atom. The molecule has 0 atom stereocenters. The first-order chi connectivity index (χ1) is 6.58. The van der Waals surface area contributed by atoms with Gasteiger partial charge in [-0.25, -0.2) is 0 Å². The molecule has 1 aliphatic carbocycles. The van der Waals surface area contributed by atoms with Crippen LogP contribution in [0.15, 0.2) is 36.0 Å². The quantitative estimate of drug-likeness (QED) is 0.449. The van der Waals surface area contributed by atoms with Crippen molar-refractivity contribution in [2.75, 3.05) is 0 Å².